The minimum atomic E-state index is 0.568. The monoisotopic (exact) mass is 314 g/mol. The third kappa shape index (κ3) is 2.78. The van der Waals surface area contributed by atoms with Gasteiger partial charge in [0.2, 0.25) is 0 Å². The molecule has 0 spiro atoms. The summed E-state index contributed by atoms with van der Waals surface area (Å²) in [4.78, 5) is 2.53. The first-order chi connectivity index (χ1) is 8.52. The summed E-state index contributed by atoms with van der Waals surface area (Å²) in [5.41, 5.74) is 2.44. The Morgan fingerprint density at radius 1 is 1.44 bits per heavy atom. The lowest BCUT2D eigenvalue weighted by atomic mass is 10.1. The van der Waals surface area contributed by atoms with Gasteiger partial charge < -0.3 is 5.32 Å². The van der Waals surface area contributed by atoms with Crippen LogP contribution in [0.4, 0.5) is 0 Å². The fourth-order valence-corrected chi connectivity index (χ4v) is 3.24. The molecule has 1 N–H and O–H groups in total. The molecule has 2 unspecified atom stereocenters. The van der Waals surface area contributed by atoms with Crippen LogP contribution in [0.1, 0.15) is 32.2 Å². The van der Waals surface area contributed by atoms with Crippen LogP contribution in [-0.2, 0) is 20.0 Å². The van der Waals surface area contributed by atoms with Gasteiger partial charge in [0.15, 0.2) is 0 Å². The van der Waals surface area contributed by atoms with E-state index >= 15 is 0 Å². The molecule has 0 amide bonds. The van der Waals surface area contributed by atoms with Crippen molar-refractivity contribution < 1.29 is 0 Å². The molecule has 5 heteroatoms. The highest BCUT2D eigenvalue weighted by atomic mass is 79.9. The fraction of sp³-hybridized carbons (Fsp3) is 0.769. The van der Waals surface area contributed by atoms with Gasteiger partial charge in [-0.3, -0.25) is 9.58 Å². The molecule has 18 heavy (non-hydrogen) atoms. The van der Waals surface area contributed by atoms with Crippen molar-refractivity contribution in [3.8, 4) is 0 Å². The number of nitrogens with zero attached hydrogens (tertiary/aromatic N) is 3. The minimum absolute atomic E-state index is 0.568. The Morgan fingerprint density at radius 3 is 2.78 bits per heavy atom. The van der Waals surface area contributed by atoms with E-state index in [1.165, 1.54) is 10.2 Å². The second kappa shape index (κ2) is 5.72. The third-order valence-electron chi connectivity index (χ3n) is 3.75. The van der Waals surface area contributed by atoms with Crippen LogP contribution in [0.15, 0.2) is 4.47 Å². The van der Waals surface area contributed by atoms with Gasteiger partial charge in [-0.1, -0.05) is 6.92 Å². The zero-order valence-corrected chi connectivity index (χ0v) is 13.3. The molecule has 1 fully saturated rings. The van der Waals surface area contributed by atoms with Crippen LogP contribution in [-0.4, -0.2) is 39.9 Å². The maximum atomic E-state index is 4.57. The van der Waals surface area contributed by atoms with E-state index in [9.17, 15) is 0 Å². The Labute approximate surface area is 118 Å². The average molecular weight is 315 g/mol. The summed E-state index contributed by atoms with van der Waals surface area (Å²) in [5, 5.41) is 8.08. The molecular weight excluding hydrogens is 292 g/mol. The van der Waals surface area contributed by atoms with Gasteiger partial charge in [0.25, 0.3) is 0 Å². The van der Waals surface area contributed by atoms with Gasteiger partial charge in [0.1, 0.15) is 0 Å². The second-order valence-corrected chi connectivity index (χ2v) is 6.07. The van der Waals surface area contributed by atoms with E-state index in [0.29, 0.717) is 12.1 Å². The van der Waals surface area contributed by atoms with E-state index in [1.807, 2.05) is 11.7 Å². The van der Waals surface area contributed by atoms with Gasteiger partial charge in [-0.25, -0.2) is 0 Å². The number of aryl methyl sites for hydroxylation is 2. The molecule has 102 valence electrons. The summed E-state index contributed by atoms with van der Waals surface area (Å²) in [7, 11) is 2.04. The maximum Gasteiger partial charge on any atom is 0.0767 e. The average Bonchev–Trinajstić information content (AvgIpc) is 2.61. The zero-order chi connectivity index (χ0) is 13.3. The summed E-state index contributed by atoms with van der Waals surface area (Å²) in [6.45, 7) is 9.81. The smallest absolute Gasteiger partial charge is 0.0767 e. The molecule has 1 aliphatic rings. The van der Waals surface area contributed by atoms with Crippen LogP contribution >= 0.6 is 15.9 Å². The summed E-state index contributed by atoms with van der Waals surface area (Å²) < 4.78 is 3.20. The normalized spacial score (nSPS) is 25.6. The molecule has 0 aromatic carbocycles. The Bertz CT molecular complexity index is 415. The summed E-state index contributed by atoms with van der Waals surface area (Å²) in [6.07, 6.45) is 0.974. The molecule has 0 radical (unpaired) electrons. The molecule has 1 aliphatic heterocycles. The maximum absolute atomic E-state index is 4.57. The predicted octanol–water partition coefficient (Wildman–Crippen LogP) is 1.93. The van der Waals surface area contributed by atoms with E-state index in [0.717, 1.165) is 31.7 Å². The highest BCUT2D eigenvalue weighted by Crippen LogP contribution is 2.24. The molecule has 0 saturated carbocycles. The first-order valence-corrected chi connectivity index (χ1v) is 7.49. The lowest BCUT2D eigenvalue weighted by Gasteiger charge is -2.37. The van der Waals surface area contributed by atoms with E-state index < -0.39 is 0 Å². The Balaban J connectivity index is 2.15. The number of nitrogens with one attached hydrogen (secondary N) is 1. The lowest BCUT2D eigenvalue weighted by Crippen LogP contribution is -2.53. The van der Waals surface area contributed by atoms with E-state index in [2.05, 4.69) is 52.0 Å². The Morgan fingerprint density at radius 2 is 2.17 bits per heavy atom. The first kappa shape index (κ1) is 14.0. The Kier molecular flexibility index (Phi) is 4.45. The molecule has 1 saturated heterocycles. The van der Waals surface area contributed by atoms with Crippen LogP contribution in [0.25, 0.3) is 0 Å². The van der Waals surface area contributed by atoms with Crippen LogP contribution in [0.5, 0.6) is 0 Å². The number of rotatable bonds is 3. The number of hydrogen-bond donors (Lipinski definition) is 1. The van der Waals surface area contributed by atoms with Crippen molar-refractivity contribution in [2.45, 2.75) is 45.8 Å². The van der Waals surface area contributed by atoms with Crippen molar-refractivity contribution in [1.82, 2.24) is 20.0 Å². The van der Waals surface area contributed by atoms with Crippen molar-refractivity contribution in [2.75, 3.05) is 13.1 Å². The Hall–Kier alpha value is -0.390. The fourth-order valence-electron chi connectivity index (χ4n) is 2.50. The molecule has 2 rings (SSSR count). The van der Waals surface area contributed by atoms with Crippen molar-refractivity contribution in [3.63, 3.8) is 0 Å². The molecule has 1 aromatic heterocycles. The molecule has 0 bridgehead atoms. The van der Waals surface area contributed by atoms with E-state index in [4.69, 9.17) is 0 Å². The zero-order valence-electron chi connectivity index (χ0n) is 11.7. The van der Waals surface area contributed by atoms with Gasteiger partial charge in [0.05, 0.1) is 15.9 Å². The van der Waals surface area contributed by atoms with Crippen LogP contribution < -0.4 is 5.32 Å². The minimum Gasteiger partial charge on any atom is -0.311 e. The van der Waals surface area contributed by atoms with Crippen LogP contribution in [0, 0.1) is 0 Å². The van der Waals surface area contributed by atoms with Gasteiger partial charge in [-0.15, -0.1) is 0 Å². The molecule has 2 heterocycles. The van der Waals surface area contributed by atoms with Crippen LogP contribution in [0.2, 0.25) is 0 Å². The lowest BCUT2D eigenvalue weighted by molar-refractivity contribution is 0.135. The van der Waals surface area contributed by atoms with Gasteiger partial charge in [-0.2, -0.15) is 5.10 Å². The number of piperazine rings is 1. The molecule has 4 nitrogen and oxygen atoms in total. The number of aromatic nitrogens is 2. The third-order valence-corrected chi connectivity index (χ3v) is 4.66. The van der Waals surface area contributed by atoms with E-state index in [-0.39, 0.29) is 0 Å². The first-order valence-electron chi connectivity index (χ1n) is 6.70. The van der Waals surface area contributed by atoms with Gasteiger partial charge in [0, 0.05) is 38.8 Å². The van der Waals surface area contributed by atoms with Crippen molar-refractivity contribution in [3.05, 3.63) is 15.9 Å². The molecule has 1 aromatic rings. The standard InChI is InChI=1S/C13H23BrN4/c1-5-11-13(14)12(17(4)16-11)8-18-7-9(2)15-6-10(18)3/h9-10,15H,5-8H2,1-4H3. The number of halogens is 1. The predicted molar refractivity (Wildman–Crippen MR) is 77.6 cm³/mol. The topological polar surface area (TPSA) is 33.1 Å². The van der Waals surface area contributed by atoms with Crippen LogP contribution in [0.3, 0.4) is 0 Å². The number of hydrogen-bond acceptors (Lipinski definition) is 3. The SMILES string of the molecule is CCc1nn(C)c(CN2CC(C)NCC2C)c1Br. The van der Waals surface area contributed by atoms with Gasteiger partial charge in [-0.05, 0) is 36.2 Å². The van der Waals surface area contributed by atoms with Crippen molar-refractivity contribution in [1.29, 1.82) is 0 Å². The highest BCUT2D eigenvalue weighted by Gasteiger charge is 2.24. The largest absolute Gasteiger partial charge is 0.311 e. The molecule has 2 atom stereocenters. The summed E-state index contributed by atoms with van der Waals surface area (Å²) in [6, 6.07) is 1.15. The summed E-state index contributed by atoms with van der Waals surface area (Å²) >= 11 is 3.70. The van der Waals surface area contributed by atoms with Crippen molar-refractivity contribution >= 4 is 15.9 Å². The van der Waals surface area contributed by atoms with Gasteiger partial charge >= 0.3 is 0 Å². The quantitative estimate of drug-likeness (QED) is 0.925. The summed E-state index contributed by atoms with van der Waals surface area (Å²) in [5.74, 6) is 0. The molecule has 0 aliphatic carbocycles. The molecular formula is C13H23BrN4. The van der Waals surface area contributed by atoms with E-state index in [1.54, 1.807) is 0 Å². The highest BCUT2D eigenvalue weighted by molar-refractivity contribution is 9.10. The second-order valence-electron chi connectivity index (χ2n) is 5.27. The van der Waals surface area contributed by atoms with Crippen molar-refractivity contribution in [2.24, 2.45) is 7.05 Å².